The Kier molecular flexibility index (Phi) is 3.87. The maximum atomic E-state index is 12.1. The van der Waals surface area contributed by atoms with Crippen LogP contribution in [0.2, 0.25) is 15.1 Å². The molecule has 1 heterocycles. The molecule has 2 N–H and O–H groups in total. The van der Waals surface area contributed by atoms with Crippen LogP contribution in [0.4, 0.5) is 0 Å². The molecule has 1 aliphatic heterocycles. The van der Waals surface area contributed by atoms with Crippen LogP contribution < -0.4 is 10.2 Å². The second-order valence-electron chi connectivity index (χ2n) is 4.32. The van der Waals surface area contributed by atoms with E-state index in [9.17, 15) is 9.90 Å². The first-order chi connectivity index (χ1) is 10.5. The smallest absolute Gasteiger partial charge is 0.277 e. The van der Waals surface area contributed by atoms with Gasteiger partial charge in [0.2, 0.25) is 5.90 Å². The van der Waals surface area contributed by atoms with E-state index in [-0.39, 0.29) is 32.3 Å². The number of rotatable bonds is 1. The number of nitrogens with zero attached hydrogens (tertiary/aromatic N) is 1. The molecule has 0 aliphatic carbocycles. The standard InChI is InChI=1S/C14H7Cl3N2O3/c15-8-7-12(10(17)9(16)11(8)20)22-14(19-18-13(7)21)6-4-2-1-3-5-6/h1-5,20H,(H,18,21). The third-order valence-corrected chi connectivity index (χ3v) is 4.15. The van der Waals surface area contributed by atoms with Crippen molar-refractivity contribution in [3.05, 3.63) is 56.5 Å². The zero-order chi connectivity index (χ0) is 15.9. The predicted octanol–water partition coefficient (Wildman–Crippen LogP) is 3.84. The van der Waals surface area contributed by atoms with Gasteiger partial charge in [0.1, 0.15) is 20.6 Å². The van der Waals surface area contributed by atoms with E-state index in [2.05, 4.69) is 10.5 Å². The highest BCUT2D eigenvalue weighted by molar-refractivity contribution is 6.47. The highest BCUT2D eigenvalue weighted by Crippen LogP contribution is 2.47. The molecule has 112 valence electrons. The molecule has 1 amide bonds. The van der Waals surface area contributed by atoms with Crippen molar-refractivity contribution < 1.29 is 14.6 Å². The Morgan fingerprint density at radius 3 is 2.41 bits per heavy atom. The summed E-state index contributed by atoms with van der Waals surface area (Å²) < 4.78 is 5.62. The second-order valence-corrected chi connectivity index (χ2v) is 5.45. The number of benzene rings is 2. The number of aromatic hydroxyl groups is 1. The lowest BCUT2D eigenvalue weighted by Crippen LogP contribution is -2.18. The summed E-state index contributed by atoms with van der Waals surface area (Å²) in [6.07, 6.45) is 0. The first-order valence-electron chi connectivity index (χ1n) is 6.01. The number of carbonyl (C=O) groups is 1. The van der Waals surface area contributed by atoms with Gasteiger partial charge in [0.25, 0.3) is 5.91 Å². The Morgan fingerprint density at radius 1 is 1.05 bits per heavy atom. The highest BCUT2D eigenvalue weighted by Gasteiger charge is 2.30. The molecule has 2 aromatic rings. The van der Waals surface area contributed by atoms with Crippen molar-refractivity contribution in [1.29, 1.82) is 0 Å². The Labute approximate surface area is 140 Å². The monoisotopic (exact) mass is 356 g/mol. The van der Waals surface area contributed by atoms with Crippen molar-refractivity contribution in [3.8, 4) is 11.5 Å². The van der Waals surface area contributed by atoms with Crippen LogP contribution in [0.3, 0.4) is 0 Å². The zero-order valence-electron chi connectivity index (χ0n) is 10.7. The van der Waals surface area contributed by atoms with Gasteiger partial charge >= 0.3 is 0 Å². The normalized spacial score (nSPS) is 13.6. The molecular formula is C14H7Cl3N2O3. The van der Waals surface area contributed by atoms with Crippen LogP contribution in [0.25, 0.3) is 0 Å². The van der Waals surface area contributed by atoms with Crippen LogP contribution in [0.1, 0.15) is 15.9 Å². The van der Waals surface area contributed by atoms with Crippen molar-refractivity contribution in [3.63, 3.8) is 0 Å². The topological polar surface area (TPSA) is 70.9 Å². The summed E-state index contributed by atoms with van der Waals surface area (Å²) in [5.74, 6) is -1.10. The molecule has 0 radical (unpaired) electrons. The minimum atomic E-state index is -0.667. The third-order valence-electron chi connectivity index (χ3n) is 2.96. The molecule has 0 spiro atoms. The number of carbonyl (C=O) groups excluding carboxylic acids is 1. The first-order valence-corrected chi connectivity index (χ1v) is 7.14. The summed E-state index contributed by atoms with van der Waals surface area (Å²) in [7, 11) is 0. The van der Waals surface area contributed by atoms with Crippen LogP contribution in [-0.4, -0.2) is 16.9 Å². The van der Waals surface area contributed by atoms with E-state index in [4.69, 9.17) is 39.5 Å². The summed E-state index contributed by atoms with van der Waals surface area (Å²) in [5.41, 5.74) is 2.77. The van der Waals surface area contributed by atoms with E-state index in [1.807, 2.05) is 6.07 Å². The van der Waals surface area contributed by atoms with E-state index < -0.39 is 11.7 Å². The van der Waals surface area contributed by atoms with E-state index in [0.717, 1.165) is 0 Å². The lowest BCUT2D eigenvalue weighted by atomic mass is 10.1. The largest absolute Gasteiger partial charge is 0.505 e. The number of fused-ring (bicyclic) bond motifs is 1. The molecule has 0 atom stereocenters. The summed E-state index contributed by atoms with van der Waals surface area (Å²) in [6.45, 7) is 0. The Hall–Kier alpha value is -1.95. The SMILES string of the molecule is O=C1NN=C(c2ccccc2)Oc2c(Cl)c(Cl)c(O)c(Cl)c21. The fourth-order valence-electron chi connectivity index (χ4n) is 1.91. The van der Waals surface area contributed by atoms with Crippen molar-refractivity contribution in [2.75, 3.05) is 0 Å². The van der Waals surface area contributed by atoms with Gasteiger partial charge in [-0.05, 0) is 12.1 Å². The van der Waals surface area contributed by atoms with Crippen molar-refractivity contribution in [1.82, 2.24) is 5.43 Å². The van der Waals surface area contributed by atoms with Gasteiger partial charge in [-0.25, -0.2) is 5.43 Å². The Balaban J connectivity index is 2.19. The average Bonchev–Trinajstić information content (AvgIpc) is 2.71. The molecular weight excluding hydrogens is 351 g/mol. The molecule has 0 unspecified atom stereocenters. The molecule has 8 heteroatoms. The second kappa shape index (κ2) is 5.68. The van der Waals surface area contributed by atoms with Crippen LogP contribution in [0, 0.1) is 0 Å². The number of hydrogen-bond acceptors (Lipinski definition) is 4. The fourth-order valence-corrected chi connectivity index (χ4v) is 2.62. The Bertz CT molecular complexity index is 807. The minimum Gasteiger partial charge on any atom is -0.505 e. The van der Waals surface area contributed by atoms with Crippen LogP contribution in [-0.2, 0) is 0 Å². The van der Waals surface area contributed by atoms with Gasteiger partial charge in [-0.2, -0.15) is 0 Å². The number of ether oxygens (including phenoxy) is 1. The van der Waals surface area contributed by atoms with Gasteiger partial charge in [0.05, 0.1) is 0 Å². The van der Waals surface area contributed by atoms with Gasteiger partial charge < -0.3 is 9.84 Å². The molecule has 0 bridgehead atoms. The van der Waals surface area contributed by atoms with Crippen molar-refractivity contribution >= 4 is 46.6 Å². The van der Waals surface area contributed by atoms with Gasteiger partial charge in [-0.3, -0.25) is 4.79 Å². The van der Waals surface area contributed by atoms with E-state index >= 15 is 0 Å². The number of phenolic OH excluding ortho intramolecular Hbond substituents is 1. The van der Waals surface area contributed by atoms with E-state index in [0.29, 0.717) is 5.56 Å². The zero-order valence-corrected chi connectivity index (χ0v) is 13.0. The molecule has 0 saturated carbocycles. The number of phenols is 1. The summed E-state index contributed by atoms with van der Waals surface area (Å²) >= 11 is 17.9. The first kappa shape index (κ1) is 15.0. The van der Waals surface area contributed by atoms with Crippen LogP contribution in [0.15, 0.2) is 35.4 Å². The molecule has 0 aromatic heterocycles. The highest BCUT2D eigenvalue weighted by atomic mass is 35.5. The van der Waals surface area contributed by atoms with E-state index in [1.165, 1.54) is 0 Å². The molecule has 2 aromatic carbocycles. The van der Waals surface area contributed by atoms with E-state index in [1.54, 1.807) is 24.3 Å². The van der Waals surface area contributed by atoms with Gasteiger partial charge in [0, 0.05) is 5.56 Å². The van der Waals surface area contributed by atoms with Crippen molar-refractivity contribution in [2.24, 2.45) is 5.10 Å². The third kappa shape index (κ3) is 2.37. The molecule has 1 aliphatic rings. The van der Waals surface area contributed by atoms with Crippen LogP contribution >= 0.6 is 34.8 Å². The Morgan fingerprint density at radius 2 is 1.73 bits per heavy atom. The van der Waals surface area contributed by atoms with Crippen molar-refractivity contribution in [2.45, 2.75) is 0 Å². The molecule has 5 nitrogen and oxygen atoms in total. The molecule has 22 heavy (non-hydrogen) atoms. The summed E-state index contributed by atoms with van der Waals surface area (Å²) in [4.78, 5) is 12.1. The van der Waals surface area contributed by atoms with Gasteiger partial charge in [-0.15, -0.1) is 5.10 Å². The average molecular weight is 358 g/mol. The number of hydrogen-bond donors (Lipinski definition) is 2. The quantitative estimate of drug-likeness (QED) is 0.762. The maximum Gasteiger partial charge on any atom is 0.277 e. The molecule has 0 fully saturated rings. The number of nitrogens with one attached hydrogen (secondary N) is 1. The van der Waals surface area contributed by atoms with Crippen LogP contribution in [0.5, 0.6) is 11.5 Å². The van der Waals surface area contributed by atoms with Gasteiger partial charge in [-0.1, -0.05) is 53.0 Å². The minimum absolute atomic E-state index is 0.0629. The number of halogens is 3. The number of amides is 1. The summed E-state index contributed by atoms with van der Waals surface area (Å²) in [6, 6.07) is 8.88. The maximum absolute atomic E-state index is 12.1. The fraction of sp³-hybridized carbons (Fsp3) is 0. The summed E-state index contributed by atoms with van der Waals surface area (Å²) in [5, 5.41) is 13.1. The number of hydrazone groups is 1. The lowest BCUT2D eigenvalue weighted by molar-refractivity contribution is 0.0955. The van der Waals surface area contributed by atoms with Gasteiger partial charge in [0.15, 0.2) is 11.5 Å². The molecule has 3 rings (SSSR count). The molecule has 0 saturated heterocycles. The lowest BCUT2D eigenvalue weighted by Gasteiger charge is -2.13. The predicted molar refractivity (Wildman–Crippen MR) is 84.2 cm³/mol.